The standard InChI is InChI=1S/Co.Mg.Ni.2O.2H. The van der Waals surface area contributed by atoms with Gasteiger partial charge in [-0.05, 0) is 0 Å². The van der Waals surface area contributed by atoms with Gasteiger partial charge in [-0.1, -0.05) is 0 Å². The molecule has 0 rings (SSSR count). The predicted molar refractivity (Wildman–Crippen MR) is 9.92 cm³/mol. The molecule has 0 aromatic carbocycles. The van der Waals surface area contributed by atoms with Crippen LogP contribution in [0.1, 0.15) is 0 Å². The fraction of sp³-hybridized carbons (Fsp3) is 0. The van der Waals surface area contributed by atoms with Crippen molar-refractivity contribution in [2.45, 2.75) is 0 Å². The minimum atomic E-state index is -0.875. The van der Waals surface area contributed by atoms with Crippen LogP contribution in [0.4, 0.5) is 0 Å². The molecule has 0 aromatic heterocycles. The molecule has 0 atom stereocenters. The van der Waals surface area contributed by atoms with Gasteiger partial charge in [0.1, 0.15) is 0 Å². The summed E-state index contributed by atoms with van der Waals surface area (Å²) in [6.07, 6.45) is 0. The van der Waals surface area contributed by atoms with Gasteiger partial charge in [0.2, 0.25) is 0 Å². The second-order valence-electron chi connectivity index (χ2n) is 0.0527. The molecule has 0 bridgehead atoms. The molecule has 0 saturated heterocycles. The zero-order chi connectivity index (χ0) is 2.71. The monoisotopic (exact) mass is 175 g/mol. The van der Waals surface area contributed by atoms with Crippen LogP contribution in [-0.4, -0.2) is 23.1 Å². The van der Waals surface area contributed by atoms with Gasteiger partial charge in [-0.15, -0.1) is 0 Å². The van der Waals surface area contributed by atoms with Crippen molar-refractivity contribution in [1.82, 2.24) is 0 Å². The second-order valence-corrected chi connectivity index (χ2v) is 0.217. The van der Waals surface area contributed by atoms with E-state index in [0.717, 1.165) is 0 Å². The van der Waals surface area contributed by atoms with E-state index < -0.39 is 14.3 Å². The average molecular weight is 176 g/mol. The van der Waals surface area contributed by atoms with E-state index in [1.165, 1.54) is 0 Å². The van der Waals surface area contributed by atoms with Crippen molar-refractivity contribution in [2.24, 2.45) is 0 Å². The van der Waals surface area contributed by atoms with E-state index in [1.54, 1.807) is 0 Å². The van der Waals surface area contributed by atoms with Crippen LogP contribution in [0.15, 0.2) is 0 Å². The number of hydrogen-bond acceptors (Lipinski definition) is 2. The molecule has 0 unspecified atom stereocenters. The van der Waals surface area contributed by atoms with Crippen molar-refractivity contribution < 1.29 is 38.9 Å². The van der Waals surface area contributed by atoms with Crippen LogP contribution >= 0.6 is 0 Å². The normalized spacial score (nSPS) is 4.00. The Labute approximate surface area is 61.6 Å². The van der Waals surface area contributed by atoms with Gasteiger partial charge in [0, 0.05) is 16.8 Å². The van der Waals surface area contributed by atoms with Gasteiger partial charge in [-0.3, -0.25) is 0 Å². The SMILES string of the molecule is [Co].[MgH2].[O]=[Ni]=[O]. The summed E-state index contributed by atoms with van der Waals surface area (Å²) in [6.45, 7) is 0. The molecule has 0 N–H and O–H groups in total. The van der Waals surface area contributed by atoms with Gasteiger partial charge < -0.3 is 0 Å². The van der Waals surface area contributed by atoms with E-state index in [9.17, 15) is 0 Å². The Morgan fingerprint density at radius 3 is 1.20 bits per heavy atom. The molecular weight excluding hydrogens is 174 g/mol. The molecular formula is H2CoMgNiO2. The molecule has 0 amide bonds. The third kappa shape index (κ3) is 32.6. The van der Waals surface area contributed by atoms with E-state index in [1.807, 2.05) is 0 Å². The topological polar surface area (TPSA) is 34.1 Å². The second kappa shape index (κ2) is 18.3. The van der Waals surface area contributed by atoms with E-state index in [2.05, 4.69) is 0 Å². The first-order valence-corrected chi connectivity index (χ1v) is 1.06. The molecule has 1 radical (unpaired) electrons. The molecule has 0 aromatic rings. The molecule has 0 aliphatic heterocycles. The zero-order valence-corrected chi connectivity index (χ0v) is 3.49. The van der Waals surface area contributed by atoms with Gasteiger partial charge in [0.25, 0.3) is 0 Å². The summed E-state index contributed by atoms with van der Waals surface area (Å²) in [5.41, 5.74) is 0. The summed E-state index contributed by atoms with van der Waals surface area (Å²) in [4.78, 5) is 0. The predicted octanol–water partition coefficient (Wildman–Crippen LogP) is -1.16. The van der Waals surface area contributed by atoms with Crippen LogP contribution < -0.4 is 0 Å². The van der Waals surface area contributed by atoms with Crippen LogP contribution in [-0.2, 0) is 38.9 Å². The van der Waals surface area contributed by atoms with E-state index in [-0.39, 0.29) is 39.8 Å². The Bertz CT molecular complexity index is 30.6. The molecule has 35 valence electrons. The Morgan fingerprint density at radius 2 is 1.20 bits per heavy atom. The Kier molecular flexibility index (Phi) is 59.1. The number of hydrogen-bond donors (Lipinski definition) is 0. The molecule has 0 spiro atoms. The summed E-state index contributed by atoms with van der Waals surface area (Å²) >= 11 is -0.875. The molecule has 5 heteroatoms. The van der Waals surface area contributed by atoms with Crippen LogP contribution in [0, 0.1) is 0 Å². The maximum absolute atomic E-state index is 8.31. The summed E-state index contributed by atoms with van der Waals surface area (Å²) < 4.78 is 16.6. The molecule has 5 heavy (non-hydrogen) atoms. The van der Waals surface area contributed by atoms with Gasteiger partial charge >= 0.3 is 45.1 Å². The third-order valence-corrected chi connectivity index (χ3v) is 0. The van der Waals surface area contributed by atoms with Gasteiger partial charge in [0.05, 0.1) is 0 Å². The maximum atomic E-state index is 8.31. The van der Waals surface area contributed by atoms with Crippen molar-refractivity contribution in [2.75, 3.05) is 0 Å². The fourth-order valence-electron chi connectivity index (χ4n) is 0. The van der Waals surface area contributed by atoms with Crippen LogP contribution in [0.25, 0.3) is 0 Å². The summed E-state index contributed by atoms with van der Waals surface area (Å²) in [5.74, 6) is 0. The molecule has 0 saturated carbocycles. The van der Waals surface area contributed by atoms with Crippen LogP contribution in [0.3, 0.4) is 0 Å². The van der Waals surface area contributed by atoms with Crippen molar-refractivity contribution >= 4 is 23.1 Å². The minimum absolute atomic E-state index is 0. The van der Waals surface area contributed by atoms with E-state index in [0.29, 0.717) is 0 Å². The molecule has 0 aliphatic carbocycles. The quantitative estimate of drug-likeness (QED) is 0.436. The van der Waals surface area contributed by atoms with Gasteiger partial charge in [0.15, 0.2) is 0 Å². The molecule has 2 nitrogen and oxygen atoms in total. The van der Waals surface area contributed by atoms with Crippen LogP contribution in [0.2, 0.25) is 0 Å². The van der Waals surface area contributed by atoms with Crippen molar-refractivity contribution in [3.05, 3.63) is 0 Å². The van der Waals surface area contributed by atoms with Gasteiger partial charge in [-0.25, -0.2) is 0 Å². The van der Waals surface area contributed by atoms with E-state index in [4.69, 9.17) is 7.79 Å². The average Bonchev–Trinajstić information content (AvgIpc) is 0.918. The summed E-state index contributed by atoms with van der Waals surface area (Å²) in [7, 11) is 0. The third-order valence-electron chi connectivity index (χ3n) is 0. The molecule has 0 fully saturated rings. The number of rotatable bonds is 0. The first-order chi connectivity index (χ1) is 1.41. The fourth-order valence-corrected chi connectivity index (χ4v) is 0. The summed E-state index contributed by atoms with van der Waals surface area (Å²) in [6, 6.07) is 0. The first-order valence-electron chi connectivity index (χ1n) is 0.258. The Balaban J connectivity index is -0.0000000200. The zero-order valence-electron chi connectivity index (χ0n) is 1.47. The molecule has 0 aliphatic rings. The van der Waals surface area contributed by atoms with Crippen molar-refractivity contribution in [3.63, 3.8) is 0 Å². The first kappa shape index (κ1) is 16.2. The van der Waals surface area contributed by atoms with Gasteiger partial charge in [-0.2, -0.15) is 0 Å². The molecule has 0 heterocycles. The van der Waals surface area contributed by atoms with E-state index >= 15 is 0 Å². The Hall–Kier alpha value is 1.37. The van der Waals surface area contributed by atoms with Crippen LogP contribution in [0.5, 0.6) is 0 Å². The van der Waals surface area contributed by atoms with Crippen molar-refractivity contribution in [3.8, 4) is 0 Å². The Morgan fingerprint density at radius 1 is 1.20 bits per heavy atom. The summed E-state index contributed by atoms with van der Waals surface area (Å²) in [5, 5.41) is 0. The van der Waals surface area contributed by atoms with Crippen molar-refractivity contribution in [1.29, 1.82) is 0 Å².